The van der Waals surface area contributed by atoms with Crippen molar-refractivity contribution in [2.75, 3.05) is 18.0 Å². The van der Waals surface area contributed by atoms with E-state index in [0.29, 0.717) is 23.1 Å². The van der Waals surface area contributed by atoms with Crippen LogP contribution in [0.25, 0.3) is 17.2 Å². The summed E-state index contributed by atoms with van der Waals surface area (Å²) in [6, 6.07) is 4.19. The molecule has 0 spiro atoms. The molecule has 7 nitrogen and oxygen atoms in total. The first-order valence-corrected chi connectivity index (χ1v) is 9.60. The topological polar surface area (TPSA) is 75.0 Å². The number of anilines is 1. The van der Waals surface area contributed by atoms with Gasteiger partial charge < -0.3 is 4.90 Å². The molecule has 0 unspecified atom stereocenters. The molecule has 1 N–H and O–H groups in total. The van der Waals surface area contributed by atoms with E-state index in [0.717, 1.165) is 44.0 Å². The Balaban J connectivity index is 1.42. The summed E-state index contributed by atoms with van der Waals surface area (Å²) in [4.78, 5) is 15.3. The molecule has 1 saturated heterocycles. The fraction of sp³-hybridized carbons (Fsp3) is 0.300. The van der Waals surface area contributed by atoms with Crippen molar-refractivity contribution >= 4 is 11.5 Å². The number of hydrogen-bond acceptors (Lipinski definition) is 5. The van der Waals surface area contributed by atoms with Crippen LogP contribution in [0.2, 0.25) is 0 Å². The second kappa shape index (κ2) is 7.12. The second-order valence-corrected chi connectivity index (χ2v) is 7.32. The number of halogens is 3. The van der Waals surface area contributed by atoms with Gasteiger partial charge in [-0.2, -0.15) is 18.3 Å². The lowest BCUT2D eigenvalue weighted by molar-refractivity contribution is -0.137. The van der Waals surface area contributed by atoms with E-state index in [9.17, 15) is 13.2 Å². The molecule has 0 aliphatic carbocycles. The summed E-state index contributed by atoms with van der Waals surface area (Å²) in [5.41, 5.74) is 1.30. The second-order valence-electron chi connectivity index (χ2n) is 7.32. The standard InChI is InChI=1S/C20H18F3N7/c21-20(22,23)15-1-2-17-25-11-16(30(17)12-15)19-24-6-3-18(28-19)29-7-4-13(5-8-29)14-9-26-27-10-14/h1-3,6,9-13H,4-5,7-8H2,(H,26,27). The number of aromatic amines is 1. The highest BCUT2D eigenvalue weighted by Gasteiger charge is 2.31. The number of piperidine rings is 1. The number of pyridine rings is 1. The minimum absolute atomic E-state index is 0.344. The Morgan fingerprint density at radius 3 is 2.60 bits per heavy atom. The molecule has 1 aliphatic heterocycles. The van der Waals surface area contributed by atoms with Crippen LogP contribution >= 0.6 is 0 Å². The SMILES string of the molecule is FC(F)(F)c1ccc2ncc(-c3nccc(N4CCC(c5cn[nH]c5)CC4)n3)n2c1. The molecule has 0 atom stereocenters. The molecule has 4 aromatic heterocycles. The van der Waals surface area contributed by atoms with Gasteiger partial charge in [-0.1, -0.05) is 0 Å². The first kappa shape index (κ1) is 18.6. The van der Waals surface area contributed by atoms with Crippen molar-refractivity contribution in [3.63, 3.8) is 0 Å². The van der Waals surface area contributed by atoms with Crippen LogP contribution in [0.5, 0.6) is 0 Å². The third kappa shape index (κ3) is 3.38. The zero-order valence-electron chi connectivity index (χ0n) is 15.8. The van der Waals surface area contributed by atoms with Gasteiger partial charge >= 0.3 is 6.18 Å². The highest BCUT2D eigenvalue weighted by atomic mass is 19.4. The Morgan fingerprint density at radius 2 is 1.87 bits per heavy atom. The largest absolute Gasteiger partial charge is 0.417 e. The summed E-state index contributed by atoms with van der Waals surface area (Å²) in [7, 11) is 0. The first-order valence-electron chi connectivity index (χ1n) is 9.60. The van der Waals surface area contributed by atoms with Gasteiger partial charge in [0.25, 0.3) is 0 Å². The zero-order valence-corrected chi connectivity index (χ0v) is 15.8. The van der Waals surface area contributed by atoms with Crippen LogP contribution in [0.4, 0.5) is 19.0 Å². The van der Waals surface area contributed by atoms with Crippen LogP contribution < -0.4 is 4.90 Å². The van der Waals surface area contributed by atoms with Crippen molar-refractivity contribution in [3.05, 3.63) is 60.3 Å². The molecule has 30 heavy (non-hydrogen) atoms. The summed E-state index contributed by atoms with van der Waals surface area (Å²) in [5, 5.41) is 6.88. The fourth-order valence-corrected chi connectivity index (χ4v) is 3.89. The fourth-order valence-electron chi connectivity index (χ4n) is 3.89. The van der Waals surface area contributed by atoms with Crippen LogP contribution in [-0.4, -0.2) is 42.6 Å². The van der Waals surface area contributed by atoms with Gasteiger partial charge in [0, 0.05) is 31.7 Å². The highest BCUT2D eigenvalue weighted by molar-refractivity contribution is 5.59. The van der Waals surface area contributed by atoms with Crippen molar-refractivity contribution in [2.24, 2.45) is 0 Å². The van der Waals surface area contributed by atoms with Gasteiger partial charge in [-0.05, 0) is 42.5 Å². The Hall–Kier alpha value is -3.43. The Morgan fingerprint density at radius 1 is 1.03 bits per heavy atom. The van der Waals surface area contributed by atoms with Gasteiger partial charge in [0.05, 0.1) is 18.0 Å². The molecule has 1 aliphatic rings. The quantitative estimate of drug-likeness (QED) is 0.551. The maximum atomic E-state index is 13.1. The molecule has 0 aromatic carbocycles. The molecule has 0 amide bonds. The van der Waals surface area contributed by atoms with Crippen LogP contribution in [0.1, 0.15) is 29.9 Å². The summed E-state index contributed by atoms with van der Waals surface area (Å²) < 4.78 is 40.7. The summed E-state index contributed by atoms with van der Waals surface area (Å²) in [6.45, 7) is 1.66. The number of nitrogens with zero attached hydrogens (tertiary/aromatic N) is 6. The van der Waals surface area contributed by atoms with Crippen molar-refractivity contribution in [1.29, 1.82) is 0 Å². The summed E-state index contributed by atoms with van der Waals surface area (Å²) >= 11 is 0. The molecule has 10 heteroatoms. The molecule has 5 heterocycles. The van der Waals surface area contributed by atoms with E-state index in [1.807, 2.05) is 18.5 Å². The van der Waals surface area contributed by atoms with E-state index < -0.39 is 11.7 Å². The maximum Gasteiger partial charge on any atom is 0.417 e. The molecule has 0 radical (unpaired) electrons. The average molecular weight is 413 g/mol. The summed E-state index contributed by atoms with van der Waals surface area (Å²) in [6.07, 6.45) is 5.48. The number of imidazole rings is 1. The molecule has 0 bridgehead atoms. The van der Waals surface area contributed by atoms with E-state index in [-0.39, 0.29) is 0 Å². The van der Waals surface area contributed by atoms with E-state index in [1.54, 1.807) is 6.20 Å². The Labute approximate surface area is 169 Å². The Kier molecular flexibility index (Phi) is 4.41. The van der Waals surface area contributed by atoms with E-state index in [2.05, 4.69) is 30.0 Å². The third-order valence-corrected chi connectivity index (χ3v) is 5.51. The van der Waals surface area contributed by atoms with Crippen LogP contribution in [0.15, 0.2) is 49.2 Å². The number of nitrogens with one attached hydrogen (secondary N) is 1. The molecular formula is C20H18F3N7. The van der Waals surface area contributed by atoms with Gasteiger partial charge in [-0.15, -0.1) is 0 Å². The van der Waals surface area contributed by atoms with Crippen molar-refractivity contribution in [3.8, 4) is 11.5 Å². The number of aromatic nitrogens is 6. The van der Waals surface area contributed by atoms with Crippen molar-refractivity contribution in [1.82, 2.24) is 29.5 Å². The number of rotatable bonds is 3. The van der Waals surface area contributed by atoms with Crippen molar-refractivity contribution < 1.29 is 13.2 Å². The van der Waals surface area contributed by atoms with Crippen LogP contribution in [-0.2, 0) is 6.18 Å². The van der Waals surface area contributed by atoms with Gasteiger partial charge in [-0.25, -0.2) is 15.0 Å². The number of fused-ring (bicyclic) bond motifs is 1. The zero-order chi connectivity index (χ0) is 20.7. The van der Waals surface area contributed by atoms with Gasteiger partial charge in [0.2, 0.25) is 0 Å². The molecule has 1 fully saturated rings. The summed E-state index contributed by atoms with van der Waals surface area (Å²) in [5.74, 6) is 1.56. The minimum Gasteiger partial charge on any atom is -0.356 e. The average Bonchev–Trinajstić information content (AvgIpc) is 3.43. The van der Waals surface area contributed by atoms with Gasteiger partial charge in [-0.3, -0.25) is 9.50 Å². The molecular weight excluding hydrogens is 395 g/mol. The van der Waals surface area contributed by atoms with Crippen molar-refractivity contribution in [2.45, 2.75) is 24.9 Å². The lowest BCUT2D eigenvalue weighted by atomic mass is 9.92. The number of alkyl halides is 3. The predicted molar refractivity (Wildman–Crippen MR) is 104 cm³/mol. The monoisotopic (exact) mass is 413 g/mol. The predicted octanol–water partition coefficient (Wildman–Crippen LogP) is 3.92. The molecule has 154 valence electrons. The smallest absolute Gasteiger partial charge is 0.356 e. The maximum absolute atomic E-state index is 13.1. The number of H-pyrrole nitrogens is 1. The number of hydrogen-bond donors (Lipinski definition) is 1. The van der Waals surface area contributed by atoms with E-state index >= 15 is 0 Å². The molecule has 4 aromatic rings. The molecule has 0 saturated carbocycles. The van der Waals surface area contributed by atoms with E-state index in [1.165, 1.54) is 22.2 Å². The first-order chi connectivity index (χ1) is 14.5. The normalized spacial score (nSPS) is 15.8. The lowest BCUT2D eigenvalue weighted by Gasteiger charge is -2.32. The van der Waals surface area contributed by atoms with Crippen LogP contribution in [0.3, 0.4) is 0 Å². The van der Waals surface area contributed by atoms with Gasteiger partial charge in [0.15, 0.2) is 5.82 Å². The minimum atomic E-state index is -4.43. The van der Waals surface area contributed by atoms with Gasteiger partial charge in [0.1, 0.15) is 17.2 Å². The van der Waals surface area contributed by atoms with E-state index in [4.69, 9.17) is 0 Å². The molecule has 5 rings (SSSR count). The van der Waals surface area contributed by atoms with Crippen LogP contribution in [0, 0.1) is 0 Å². The lowest BCUT2D eigenvalue weighted by Crippen LogP contribution is -2.33. The third-order valence-electron chi connectivity index (χ3n) is 5.51. The highest BCUT2D eigenvalue weighted by Crippen LogP contribution is 2.32. The Bertz CT molecular complexity index is 1160.